The number of carbonyl (C=O) groups excluding carboxylic acids is 1. The molecular weight excluding hydrogens is 525 g/mol. The Labute approximate surface area is 219 Å². The van der Waals surface area contributed by atoms with Crippen LogP contribution < -0.4 is 19.5 Å². The highest BCUT2D eigenvalue weighted by Gasteiger charge is 2.31. The van der Waals surface area contributed by atoms with Crippen molar-refractivity contribution in [3.63, 3.8) is 0 Å². The van der Waals surface area contributed by atoms with Crippen molar-refractivity contribution in [1.29, 1.82) is 0 Å². The molecule has 0 radical (unpaired) electrons. The second-order valence-electron chi connectivity index (χ2n) is 7.95. The maximum absolute atomic E-state index is 12.3. The third-order valence-corrected chi connectivity index (χ3v) is 6.28. The molecule has 0 saturated carbocycles. The molecule has 2 amide bonds. The molecule has 192 valence electrons. The van der Waals surface area contributed by atoms with Crippen LogP contribution in [-0.2, 0) is 0 Å². The van der Waals surface area contributed by atoms with E-state index in [0.717, 1.165) is 33.6 Å². The number of anilines is 1. The van der Waals surface area contributed by atoms with Gasteiger partial charge in [0.2, 0.25) is 0 Å². The van der Waals surface area contributed by atoms with Gasteiger partial charge in [-0.15, -0.1) is 13.2 Å². The number of rotatable bonds is 8. The van der Waals surface area contributed by atoms with E-state index in [1.165, 1.54) is 35.6 Å². The predicted octanol–water partition coefficient (Wildman–Crippen LogP) is 7.91. The average Bonchev–Trinajstić information content (AvgIpc) is 3.24. The SMILES string of the molecule is CC(C)c1ccccc1NC(=O)NSN=Cc1ccc2sc(Oc3ccc(OC(F)(F)F)cc3)nc2c1. The first-order valence-corrected chi connectivity index (χ1v) is 12.5. The van der Waals surface area contributed by atoms with Gasteiger partial charge in [-0.1, -0.05) is 49.4 Å². The standard InChI is InChI=1S/C25H21F3N4O3S2/c1-15(2)19-5-3-4-6-20(19)30-23(33)32-37-29-14-16-7-12-22-21(13-16)31-24(36-22)34-17-8-10-18(11-9-17)35-25(26,27)28/h3-15H,1-2H3,(H2,30,32,33). The third-order valence-electron chi connectivity index (χ3n) is 4.88. The molecule has 0 atom stereocenters. The lowest BCUT2D eigenvalue weighted by atomic mass is 10.0. The molecule has 0 aliphatic heterocycles. The van der Waals surface area contributed by atoms with E-state index in [1.807, 2.05) is 42.5 Å². The second kappa shape index (κ2) is 11.5. The molecule has 1 heterocycles. The number of nitrogens with zero attached hydrogens (tertiary/aromatic N) is 2. The Morgan fingerprint density at radius 2 is 1.81 bits per heavy atom. The Hall–Kier alpha value is -3.77. The van der Waals surface area contributed by atoms with E-state index in [1.54, 1.807) is 6.21 Å². The number of aromatic nitrogens is 1. The van der Waals surface area contributed by atoms with Crippen LogP contribution in [0.2, 0.25) is 0 Å². The number of urea groups is 1. The molecule has 1 aromatic heterocycles. The summed E-state index contributed by atoms with van der Waals surface area (Å²) >= 11 is 2.18. The lowest BCUT2D eigenvalue weighted by molar-refractivity contribution is -0.274. The van der Waals surface area contributed by atoms with E-state index >= 15 is 0 Å². The van der Waals surface area contributed by atoms with Gasteiger partial charge in [0.25, 0.3) is 5.19 Å². The normalized spacial score (nSPS) is 11.7. The van der Waals surface area contributed by atoms with Crippen LogP contribution >= 0.6 is 23.5 Å². The van der Waals surface area contributed by atoms with Gasteiger partial charge in [-0.2, -0.15) is 0 Å². The Morgan fingerprint density at radius 3 is 2.54 bits per heavy atom. The fourth-order valence-corrected chi connectivity index (χ4v) is 4.45. The van der Waals surface area contributed by atoms with E-state index in [4.69, 9.17) is 4.74 Å². The Kier molecular flexibility index (Phi) is 8.19. The monoisotopic (exact) mass is 546 g/mol. The number of carbonyl (C=O) groups is 1. The smallest absolute Gasteiger partial charge is 0.431 e. The topological polar surface area (TPSA) is 84.8 Å². The molecule has 0 fully saturated rings. The number of alkyl halides is 3. The van der Waals surface area contributed by atoms with E-state index in [0.29, 0.717) is 16.5 Å². The molecule has 4 rings (SSSR count). The van der Waals surface area contributed by atoms with Crippen LogP contribution in [0, 0.1) is 0 Å². The molecule has 4 aromatic rings. The summed E-state index contributed by atoms with van der Waals surface area (Å²) in [5, 5.41) is 3.16. The maximum Gasteiger partial charge on any atom is 0.573 e. The second-order valence-corrected chi connectivity index (χ2v) is 9.54. The number of fused-ring (bicyclic) bond motifs is 1. The minimum atomic E-state index is -4.75. The third kappa shape index (κ3) is 7.61. The summed E-state index contributed by atoms with van der Waals surface area (Å²) in [6.07, 6.45) is -3.16. The minimum Gasteiger partial charge on any atom is -0.431 e. The molecule has 0 saturated heterocycles. The summed E-state index contributed by atoms with van der Waals surface area (Å²) in [6, 6.07) is 17.8. The first-order valence-electron chi connectivity index (χ1n) is 11.0. The van der Waals surface area contributed by atoms with Gasteiger partial charge in [0, 0.05) is 11.9 Å². The molecule has 0 unspecified atom stereocenters. The van der Waals surface area contributed by atoms with Crippen molar-refractivity contribution in [3.05, 3.63) is 77.9 Å². The Bertz CT molecular complexity index is 1410. The molecule has 2 N–H and O–H groups in total. The number of amides is 2. The molecule has 37 heavy (non-hydrogen) atoms. The summed E-state index contributed by atoms with van der Waals surface area (Å²) in [4.78, 5) is 16.6. The maximum atomic E-state index is 12.3. The number of benzene rings is 3. The molecule has 0 aliphatic rings. The van der Waals surface area contributed by atoms with Crippen LogP contribution in [-0.4, -0.2) is 23.6 Å². The van der Waals surface area contributed by atoms with Crippen molar-refractivity contribution in [2.24, 2.45) is 4.40 Å². The van der Waals surface area contributed by atoms with Crippen molar-refractivity contribution < 1.29 is 27.4 Å². The minimum absolute atomic E-state index is 0.270. The van der Waals surface area contributed by atoms with Crippen LogP contribution in [0.3, 0.4) is 0 Å². The molecule has 12 heteroatoms. The number of thiazole rings is 1. The number of ether oxygens (including phenoxy) is 2. The first-order chi connectivity index (χ1) is 17.7. The van der Waals surface area contributed by atoms with Crippen LogP contribution in [0.4, 0.5) is 23.7 Å². The van der Waals surface area contributed by atoms with Gasteiger partial charge in [0.1, 0.15) is 11.5 Å². The van der Waals surface area contributed by atoms with Crippen molar-refractivity contribution in [2.75, 3.05) is 5.32 Å². The zero-order valence-corrected chi connectivity index (χ0v) is 21.2. The molecule has 7 nitrogen and oxygen atoms in total. The van der Waals surface area contributed by atoms with Gasteiger partial charge >= 0.3 is 12.4 Å². The highest BCUT2D eigenvalue weighted by atomic mass is 32.2. The number of nitrogens with one attached hydrogen (secondary N) is 2. The largest absolute Gasteiger partial charge is 0.573 e. The van der Waals surface area contributed by atoms with E-state index in [-0.39, 0.29) is 17.7 Å². The summed E-state index contributed by atoms with van der Waals surface area (Å²) in [5.74, 6) is 0.262. The number of hydrogen-bond acceptors (Lipinski definition) is 7. The number of hydrogen-bond donors (Lipinski definition) is 2. The van der Waals surface area contributed by atoms with Crippen LogP contribution in [0.15, 0.2) is 71.1 Å². The van der Waals surface area contributed by atoms with E-state index in [2.05, 4.69) is 38.0 Å². The van der Waals surface area contributed by atoms with Gasteiger partial charge in [-0.3, -0.25) is 4.72 Å². The van der Waals surface area contributed by atoms with Crippen LogP contribution in [0.1, 0.15) is 30.9 Å². The summed E-state index contributed by atoms with van der Waals surface area (Å²) in [6.45, 7) is 4.11. The zero-order chi connectivity index (χ0) is 26.4. The van der Waals surface area contributed by atoms with E-state index in [9.17, 15) is 18.0 Å². The molecular formula is C25H21F3N4O3S2. The first kappa shape index (κ1) is 26.3. The van der Waals surface area contributed by atoms with Crippen LogP contribution in [0.5, 0.6) is 16.7 Å². The number of halogens is 3. The molecule has 0 aliphatic carbocycles. The molecule has 0 spiro atoms. The van der Waals surface area contributed by atoms with Crippen molar-refractivity contribution in [1.82, 2.24) is 9.71 Å². The fourth-order valence-electron chi connectivity index (χ4n) is 3.27. The van der Waals surface area contributed by atoms with Crippen LogP contribution in [0.25, 0.3) is 10.2 Å². The average molecular weight is 547 g/mol. The van der Waals surface area contributed by atoms with E-state index < -0.39 is 6.36 Å². The lowest BCUT2D eigenvalue weighted by Gasteiger charge is -2.13. The van der Waals surface area contributed by atoms with Gasteiger partial charge in [0.15, 0.2) is 0 Å². The van der Waals surface area contributed by atoms with Gasteiger partial charge < -0.3 is 14.8 Å². The summed E-state index contributed by atoms with van der Waals surface area (Å²) in [7, 11) is 0. The Balaban J connectivity index is 1.32. The van der Waals surface area contributed by atoms with Gasteiger partial charge in [-0.05, 0) is 59.5 Å². The van der Waals surface area contributed by atoms with Gasteiger partial charge in [-0.25, -0.2) is 14.2 Å². The molecule has 3 aromatic carbocycles. The number of para-hydroxylation sites is 1. The lowest BCUT2D eigenvalue weighted by Crippen LogP contribution is -2.23. The summed E-state index contributed by atoms with van der Waals surface area (Å²) < 4.78 is 54.0. The quantitative estimate of drug-likeness (QED) is 0.173. The van der Waals surface area contributed by atoms with Crippen molar-refractivity contribution >= 4 is 51.6 Å². The predicted molar refractivity (Wildman–Crippen MR) is 141 cm³/mol. The zero-order valence-electron chi connectivity index (χ0n) is 19.6. The summed E-state index contributed by atoms with van der Waals surface area (Å²) in [5.41, 5.74) is 3.22. The highest BCUT2D eigenvalue weighted by Crippen LogP contribution is 2.33. The fraction of sp³-hybridized carbons (Fsp3) is 0.160. The van der Waals surface area contributed by atoms with Gasteiger partial charge in [0.05, 0.1) is 22.4 Å². The highest BCUT2D eigenvalue weighted by molar-refractivity contribution is 7.96. The van der Waals surface area contributed by atoms with Crippen molar-refractivity contribution in [3.8, 4) is 16.7 Å². The Morgan fingerprint density at radius 1 is 1.08 bits per heavy atom. The van der Waals surface area contributed by atoms with Crippen molar-refractivity contribution in [2.45, 2.75) is 26.1 Å². The molecule has 0 bridgehead atoms.